The quantitative estimate of drug-likeness (QED) is 0.385. The fourth-order valence-electron chi connectivity index (χ4n) is 3.32. The third kappa shape index (κ3) is 6.81. The fourth-order valence-corrected chi connectivity index (χ4v) is 4.58. The minimum atomic E-state index is -3.66. The van der Waals surface area contributed by atoms with Crippen molar-refractivity contribution in [1.29, 1.82) is 0 Å². The summed E-state index contributed by atoms with van der Waals surface area (Å²) < 4.78 is 37.1. The van der Waals surface area contributed by atoms with Gasteiger partial charge in [0.15, 0.2) is 0 Å². The van der Waals surface area contributed by atoms with Crippen LogP contribution in [0.2, 0.25) is 0 Å². The highest BCUT2D eigenvalue weighted by atomic mass is 32.2. The second kappa shape index (κ2) is 11.5. The predicted octanol–water partition coefficient (Wildman–Crippen LogP) is 4.10. The van der Waals surface area contributed by atoms with Crippen LogP contribution in [-0.4, -0.2) is 39.7 Å². The first-order chi connectivity index (χ1) is 15.9. The minimum absolute atomic E-state index is 0.0823. The monoisotopic (exact) mass is 469 g/mol. The van der Waals surface area contributed by atoms with Gasteiger partial charge in [-0.05, 0) is 73.5 Å². The van der Waals surface area contributed by atoms with Gasteiger partial charge in [0.05, 0.1) is 23.4 Å². The van der Waals surface area contributed by atoms with Gasteiger partial charge in [-0.15, -0.1) is 0 Å². The van der Waals surface area contributed by atoms with Crippen LogP contribution in [0.5, 0.6) is 11.5 Å². The van der Waals surface area contributed by atoms with Crippen molar-refractivity contribution < 1.29 is 27.8 Å². The van der Waals surface area contributed by atoms with Gasteiger partial charge in [0.1, 0.15) is 17.6 Å². The van der Waals surface area contributed by atoms with E-state index in [1.54, 1.807) is 24.3 Å². The second-order valence-corrected chi connectivity index (χ2v) is 9.33. The van der Waals surface area contributed by atoms with Crippen LogP contribution in [0.1, 0.15) is 24.5 Å². The molecule has 3 aromatic rings. The number of rotatable bonds is 12. The summed E-state index contributed by atoms with van der Waals surface area (Å²) in [7, 11) is -2.13. The lowest BCUT2D eigenvalue weighted by Gasteiger charge is -2.20. The summed E-state index contributed by atoms with van der Waals surface area (Å²) in [4.78, 5) is 11.0. The molecule has 0 amide bonds. The molecule has 3 aromatic carbocycles. The molecule has 0 aliphatic carbocycles. The van der Waals surface area contributed by atoms with Gasteiger partial charge in [-0.1, -0.05) is 30.3 Å². The number of sulfone groups is 1. The number of benzene rings is 3. The van der Waals surface area contributed by atoms with Crippen LogP contribution in [0, 0.1) is 0 Å². The molecule has 0 radical (unpaired) electrons. The number of aliphatic carboxylic acids is 1. The third-order valence-corrected chi connectivity index (χ3v) is 6.84. The zero-order valence-electron chi connectivity index (χ0n) is 18.3. The van der Waals surface area contributed by atoms with E-state index in [4.69, 9.17) is 14.6 Å². The SMILES string of the molecule is COc1ccc(S(=O)(=O)c2ccc(OC(CCCNCC(=O)O)c3ccccc3)cc2)cc1. The van der Waals surface area contributed by atoms with Crippen molar-refractivity contribution >= 4 is 15.8 Å². The molecule has 0 heterocycles. The Balaban J connectivity index is 1.70. The second-order valence-electron chi connectivity index (χ2n) is 7.38. The topological polar surface area (TPSA) is 102 Å². The summed E-state index contributed by atoms with van der Waals surface area (Å²) in [5.74, 6) is 0.245. The van der Waals surface area contributed by atoms with E-state index in [1.165, 1.54) is 31.4 Å². The number of carboxylic acids is 1. The lowest BCUT2D eigenvalue weighted by Crippen LogP contribution is -2.24. The average Bonchev–Trinajstić information content (AvgIpc) is 2.84. The highest BCUT2D eigenvalue weighted by molar-refractivity contribution is 7.91. The van der Waals surface area contributed by atoms with E-state index >= 15 is 0 Å². The molecule has 0 aliphatic heterocycles. The number of carbonyl (C=O) groups is 1. The Kier molecular flexibility index (Phi) is 8.46. The summed E-state index contributed by atoms with van der Waals surface area (Å²) in [6.07, 6.45) is 1.14. The van der Waals surface area contributed by atoms with Crippen LogP contribution < -0.4 is 14.8 Å². The lowest BCUT2D eigenvalue weighted by molar-refractivity contribution is -0.135. The highest BCUT2D eigenvalue weighted by Crippen LogP contribution is 2.29. The normalized spacial score (nSPS) is 12.2. The molecular weight excluding hydrogens is 442 g/mol. The Morgan fingerprint density at radius 1 is 0.909 bits per heavy atom. The van der Waals surface area contributed by atoms with Crippen molar-refractivity contribution in [1.82, 2.24) is 5.32 Å². The van der Waals surface area contributed by atoms with Crippen molar-refractivity contribution in [3.8, 4) is 11.5 Å². The summed E-state index contributed by atoms with van der Waals surface area (Å²) in [6.45, 7) is 0.471. The third-order valence-electron chi connectivity index (χ3n) is 5.05. The molecule has 0 bridgehead atoms. The molecule has 2 N–H and O–H groups in total. The largest absolute Gasteiger partial charge is 0.497 e. The van der Waals surface area contributed by atoms with Crippen LogP contribution >= 0.6 is 0 Å². The maximum Gasteiger partial charge on any atom is 0.317 e. The molecule has 0 fully saturated rings. The van der Waals surface area contributed by atoms with Gasteiger partial charge in [0, 0.05) is 0 Å². The van der Waals surface area contributed by atoms with E-state index < -0.39 is 15.8 Å². The summed E-state index contributed by atoms with van der Waals surface area (Å²) in [5.41, 5.74) is 0.991. The van der Waals surface area contributed by atoms with Gasteiger partial charge < -0.3 is 19.9 Å². The van der Waals surface area contributed by atoms with Gasteiger partial charge in [0.2, 0.25) is 9.84 Å². The van der Waals surface area contributed by atoms with Gasteiger partial charge in [-0.2, -0.15) is 0 Å². The Bertz CT molecular complexity index is 1130. The van der Waals surface area contributed by atoms with E-state index in [2.05, 4.69) is 5.32 Å². The minimum Gasteiger partial charge on any atom is -0.497 e. The average molecular weight is 470 g/mol. The molecule has 8 heteroatoms. The van der Waals surface area contributed by atoms with Crippen molar-refractivity contribution in [2.45, 2.75) is 28.7 Å². The van der Waals surface area contributed by atoms with Crippen molar-refractivity contribution in [3.63, 3.8) is 0 Å². The van der Waals surface area contributed by atoms with Gasteiger partial charge in [-0.3, -0.25) is 4.79 Å². The Labute approximate surface area is 193 Å². The number of nitrogens with one attached hydrogen (secondary N) is 1. The maximum absolute atomic E-state index is 12.9. The summed E-state index contributed by atoms with van der Waals surface area (Å²) >= 11 is 0. The maximum atomic E-state index is 12.9. The van der Waals surface area contributed by atoms with Crippen LogP contribution in [0.15, 0.2) is 88.7 Å². The zero-order chi connectivity index (χ0) is 23.7. The van der Waals surface area contributed by atoms with Crippen molar-refractivity contribution in [3.05, 3.63) is 84.4 Å². The Hall–Kier alpha value is -3.36. The first-order valence-corrected chi connectivity index (χ1v) is 12.0. The van der Waals surface area contributed by atoms with E-state index in [1.807, 2.05) is 30.3 Å². The number of ether oxygens (including phenoxy) is 2. The number of carboxylic acid groups (broad SMARTS) is 1. The summed E-state index contributed by atoms with van der Waals surface area (Å²) in [6, 6.07) is 22.3. The summed E-state index contributed by atoms with van der Waals surface area (Å²) in [5, 5.41) is 11.6. The molecule has 0 aliphatic rings. The van der Waals surface area contributed by atoms with Crippen molar-refractivity contribution in [2.24, 2.45) is 0 Å². The van der Waals surface area contributed by atoms with Gasteiger partial charge in [0.25, 0.3) is 0 Å². The highest BCUT2D eigenvalue weighted by Gasteiger charge is 2.19. The first kappa shape index (κ1) is 24.3. The first-order valence-electron chi connectivity index (χ1n) is 10.5. The molecule has 1 unspecified atom stereocenters. The van der Waals surface area contributed by atoms with E-state index in [0.29, 0.717) is 24.5 Å². The smallest absolute Gasteiger partial charge is 0.317 e. The van der Waals surface area contributed by atoms with E-state index in [-0.39, 0.29) is 22.4 Å². The molecule has 0 saturated heterocycles. The zero-order valence-corrected chi connectivity index (χ0v) is 19.1. The Morgan fingerprint density at radius 2 is 1.48 bits per heavy atom. The molecule has 3 rings (SSSR count). The van der Waals surface area contributed by atoms with Crippen LogP contribution in [-0.2, 0) is 14.6 Å². The predicted molar refractivity (Wildman–Crippen MR) is 124 cm³/mol. The number of hydrogen-bond acceptors (Lipinski definition) is 6. The van der Waals surface area contributed by atoms with E-state index in [9.17, 15) is 13.2 Å². The standard InChI is InChI=1S/C25H27NO6S/c1-31-20-9-13-22(14-10-20)33(29,30)23-15-11-21(12-16-23)32-24(19-6-3-2-4-7-19)8-5-17-26-18-25(27)28/h2-4,6-7,9-16,24,26H,5,8,17-18H2,1H3,(H,27,28). The lowest BCUT2D eigenvalue weighted by atomic mass is 10.0. The molecular formula is C25H27NO6S. The molecule has 0 saturated carbocycles. The molecule has 174 valence electrons. The molecule has 7 nitrogen and oxygen atoms in total. The molecule has 0 spiro atoms. The number of hydrogen-bond donors (Lipinski definition) is 2. The Morgan fingerprint density at radius 3 is 2.03 bits per heavy atom. The molecule has 33 heavy (non-hydrogen) atoms. The molecule has 1 atom stereocenters. The van der Waals surface area contributed by atoms with Crippen LogP contribution in [0.25, 0.3) is 0 Å². The van der Waals surface area contributed by atoms with Gasteiger partial charge in [-0.25, -0.2) is 8.42 Å². The fraction of sp³-hybridized carbons (Fsp3) is 0.240. The van der Waals surface area contributed by atoms with Crippen LogP contribution in [0.3, 0.4) is 0 Å². The van der Waals surface area contributed by atoms with Crippen LogP contribution in [0.4, 0.5) is 0 Å². The van der Waals surface area contributed by atoms with E-state index in [0.717, 1.165) is 12.0 Å². The number of methoxy groups -OCH3 is 1. The van der Waals surface area contributed by atoms with Crippen molar-refractivity contribution in [2.75, 3.05) is 20.2 Å². The van der Waals surface area contributed by atoms with Gasteiger partial charge >= 0.3 is 5.97 Å². The molecule has 0 aromatic heterocycles.